The van der Waals surface area contributed by atoms with E-state index >= 15 is 0 Å². The van der Waals surface area contributed by atoms with Crippen LogP contribution in [0.3, 0.4) is 0 Å². The molecule has 3 aromatic heterocycles. The van der Waals surface area contributed by atoms with Crippen LogP contribution in [0, 0.1) is 6.92 Å². The first-order valence-electron chi connectivity index (χ1n) is 10.5. The van der Waals surface area contributed by atoms with Crippen molar-refractivity contribution in [1.82, 2.24) is 29.3 Å². The van der Waals surface area contributed by atoms with Crippen LogP contribution in [0.5, 0.6) is 5.88 Å². The third-order valence-electron chi connectivity index (χ3n) is 5.02. The van der Waals surface area contributed by atoms with Crippen LogP contribution in [-0.2, 0) is 19.1 Å². The van der Waals surface area contributed by atoms with Crippen molar-refractivity contribution in [2.24, 2.45) is 7.05 Å². The molecule has 4 aromatic rings. The zero-order valence-corrected chi connectivity index (χ0v) is 20.8. The van der Waals surface area contributed by atoms with E-state index in [1.807, 2.05) is 49.6 Å². The van der Waals surface area contributed by atoms with Gasteiger partial charge in [0.1, 0.15) is 22.7 Å². The average Bonchev–Trinajstić information content (AvgIpc) is 3.20. The molecule has 3 heterocycles. The highest BCUT2D eigenvalue weighted by Crippen LogP contribution is 2.25. The van der Waals surface area contributed by atoms with Gasteiger partial charge in [-0.1, -0.05) is 32.9 Å². The maximum Gasteiger partial charge on any atom is 0.276 e. The Morgan fingerprint density at radius 3 is 2.61 bits per heavy atom. The van der Waals surface area contributed by atoms with Gasteiger partial charge in [-0.25, -0.2) is 9.97 Å². The Kier molecular flexibility index (Phi) is 6.16. The fourth-order valence-corrected chi connectivity index (χ4v) is 3.73. The normalized spacial score (nSPS) is 11.6. The maximum atomic E-state index is 13.2. The smallest absolute Gasteiger partial charge is 0.276 e. The second-order valence-electron chi connectivity index (χ2n) is 8.75. The second-order valence-corrected chi connectivity index (χ2v) is 9.55. The summed E-state index contributed by atoms with van der Waals surface area (Å²) in [5.41, 5.74) is 2.70. The number of halogens is 1. The fourth-order valence-electron chi connectivity index (χ4n) is 3.35. The summed E-state index contributed by atoms with van der Waals surface area (Å²) in [5.74, 6) is 1.51. The minimum absolute atomic E-state index is 0.166. The summed E-state index contributed by atoms with van der Waals surface area (Å²) in [6.07, 6.45) is 3.60. The molecule has 0 saturated heterocycles. The van der Waals surface area contributed by atoms with Crippen molar-refractivity contribution in [1.29, 1.82) is 0 Å². The van der Waals surface area contributed by atoms with E-state index in [9.17, 15) is 4.79 Å². The molecular weight excluding hydrogens is 484 g/mol. The molecule has 0 unspecified atom stereocenters. The zero-order chi connectivity index (χ0) is 23.8. The Labute approximate surface area is 200 Å². The molecule has 0 saturated carbocycles. The van der Waals surface area contributed by atoms with Crippen molar-refractivity contribution in [3.05, 3.63) is 81.0 Å². The SMILES string of the molecule is Cc1nc(OCc2ccn(C)n2)c(Br)c(=O)n1-c1cccc(-c2ccnc(C(C)(C)C)n2)c1. The van der Waals surface area contributed by atoms with Gasteiger partial charge < -0.3 is 4.74 Å². The van der Waals surface area contributed by atoms with Crippen LogP contribution in [0.1, 0.15) is 38.1 Å². The monoisotopic (exact) mass is 508 g/mol. The van der Waals surface area contributed by atoms with Crippen LogP contribution in [0.15, 0.2) is 58.1 Å². The summed E-state index contributed by atoms with van der Waals surface area (Å²) in [7, 11) is 1.84. The lowest BCUT2D eigenvalue weighted by Crippen LogP contribution is -2.24. The summed E-state index contributed by atoms with van der Waals surface area (Å²) in [5, 5.41) is 4.28. The van der Waals surface area contributed by atoms with Gasteiger partial charge in [0.15, 0.2) is 0 Å². The third-order valence-corrected chi connectivity index (χ3v) is 5.70. The van der Waals surface area contributed by atoms with Gasteiger partial charge in [-0.05, 0) is 47.1 Å². The van der Waals surface area contributed by atoms with Crippen LogP contribution in [0.4, 0.5) is 0 Å². The Bertz CT molecular complexity index is 1370. The Balaban J connectivity index is 1.69. The highest BCUT2D eigenvalue weighted by atomic mass is 79.9. The predicted octanol–water partition coefficient (Wildman–Crippen LogP) is 4.37. The third kappa shape index (κ3) is 4.88. The second kappa shape index (κ2) is 8.90. The Hall–Kier alpha value is -3.33. The number of aryl methyl sites for hydroxylation is 2. The van der Waals surface area contributed by atoms with Gasteiger partial charge in [0, 0.05) is 30.4 Å². The van der Waals surface area contributed by atoms with Crippen molar-refractivity contribution in [2.45, 2.75) is 39.7 Å². The van der Waals surface area contributed by atoms with E-state index < -0.39 is 0 Å². The number of hydrogen-bond acceptors (Lipinski definition) is 6. The summed E-state index contributed by atoms with van der Waals surface area (Å²) in [4.78, 5) is 26.9. The largest absolute Gasteiger partial charge is 0.470 e. The van der Waals surface area contributed by atoms with Crippen molar-refractivity contribution < 1.29 is 4.74 Å². The van der Waals surface area contributed by atoms with Gasteiger partial charge in [0.25, 0.3) is 5.56 Å². The lowest BCUT2D eigenvalue weighted by molar-refractivity contribution is 0.283. The van der Waals surface area contributed by atoms with Crippen LogP contribution >= 0.6 is 15.9 Å². The Morgan fingerprint density at radius 2 is 1.91 bits per heavy atom. The lowest BCUT2D eigenvalue weighted by atomic mass is 9.95. The summed E-state index contributed by atoms with van der Waals surface area (Å²) >= 11 is 3.37. The van der Waals surface area contributed by atoms with Crippen LogP contribution in [0.25, 0.3) is 16.9 Å². The van der Waals surface area contributed by atoms with Gasteiger partial charge in [-0.3, -0.25) is 14.0 Å². The standard InChI is InChI=1S/C24H25BrN6O2/c1-15-27-21(33-14-17-10-12-30(5)29-17)20(25)22(32)31(15)18-8-6-7-16(13-18)19-9-11-26-23(28-19)24(2,3)4/h6-13H,14H2,1-5H3. The summed E-state index contributed by atoms with van der Waals surface area (Å²) < 4.78 is 9.26. The number of nitrogens with zero attached hydrogens (tertiary/aromatic N) is 6. The predicted molar refractivity (Wildman–Crippen MR) is 130 cm³/mol. The van der Waals surface area contributed by atoms with E-state index in [1.54, 1.807) is 22.4 Å². The van der Waals surface area contributed by atoms with Gasteiger partial charge in [-0.2, -0.15) is 10.1 Å². The molecule has 0 atom stereocenters. The van der Waals surface area contributed by atoms with Crippen LogP contribution in [-0.4, -0.2) is 29.3 Å². The molecule has 8 nitrogen and oxygen atoms in total. The average molecular weight is 509 g/mol. The molecule has 0 fully saturated rings. The minimum Gasteiger partial charge on any atom is -0.470 e. The van der Waals surface area contributed by atoms with E-state index in [4.69, 9.17) is 9.72 Å². The molecule has 0 N–H and O–H groups in total. The van der Waals surface area contributed by atoms with Gasteiger partial charge in [-0.15, -0.1) is 0 Å². The Morgan fingerprint density at radius 1 is 1.12 bits per heavy atom. The van der Waals surface area contributed by atoms with E-state index in [1.165, 1.54) is 0 Å². The first-order chi connectivity index (χ1) is 15.6. The lowest BCUT2D eigenvalue weighted by Gasteiger charge is -2.17. The molecule has 0 aliphatic carbocycles. The van der Waals surface area contributed by atoms with Gasteiger partial charge >= 0.3 is 0 Å². The molecule has 33 heavy (non-hydrogen) atoms. The van der Waals surface area contributed by atoms with E-state index in [0.717, 1.165) is 22.8 Å². The number of hydrogen-bond donors (Lipinski definition) is 0. The van der Waals surface area contributed by atoms with Crippen molar-refractivity contribution >= 4 is 15.9 Å². The molecule has 0 spiro atoms. The first kappa shape index (κ1) is 22.8. The van der Waals surface area contributed by atoms with Gasteiger partial charge in [0.2, 0.25) is 5.88 Å². The highest BCUT2D eigenvalue weighted by molar-refractivity contribution is 9.10. The molecule has 4 rings (SSSR count). The maximum absolute atomic E-state index is 13.2. The zero-order valence-electron chi connectivity index (χ0n) is 19.2. The van der Waals surface area contributed by atoms with E-state index in [0.29, 0.717) is 11.5 Å². The van der Waals surface area contributed by atoms with Crippen molar-refractivity contribution in [2.75, 3.05) is 0 Å². The topological polar surface area (TPSA) is 87.7 Å². The molecule has 0 aliphatic heterocycles. The molecule has 0 aliphatic rings. The first-order valence-corrected chi connectivity index (χ1v) is 11.3. The molecule has 170 valence electrons. The number of rotatable bonds is 5. The van der Waals surface area contributed by atoms with Gasteiger partial charge in [0.05, 0.1) is 17.1 Å². The molecule has 0 radical (unpaired) electrons. The molecule has 1 aromatic carbocycles. The van der Waals surface area contributed by atoms with E-state index in [-0.39, 0.29) is 27.9 Å². The van der Waals surface area contributed by atoms with Crippen molar-refractivity contribution in [3.8, 4) is 22.8 Å². The number of aromatic nitrogens is 6. The molecular formula is C24H25BrN6O2. The van der Waals surface area contributed by atoms with Crippen LogP contribution < -0.4 is 10.3 Å². The number of benzene rings is 1. The molecule has 9 heteroatoms. The molecule has 0 amide bonds. The fraction of sp³-hybridized carbons (Fsp3) is 0.292. The number of ether oxygens (including phenoxy) is 1. The summed E-state index contributed by atoms with van der Waals surface area (Å²) in [6.45, 7) is 8.22. The van der Waals surface area contributed by atoms with Crippen molar-refractivity contribution in [3.63, 3.8) is 0 Å². The summed E-state index contributed by atoms with van der Waals surface area (Å²) in [6, 6.07) is 11.4. The quantitative estimate of drug-likeness (QED) is 0.397. The van der Waals surface area contributed by atoms with Crippen LogP contribution in [0.2, 0.25) is 0 Å². The molecule has 0 bridgehead atoms. The highest BCUT2D eigenvalue weighted by Gasteiger charge is 2.19. The minimum atomic E-state index is -0.256. The van der Waals surface area contributed by atoms with E-state index in [2.05, 4.69) is 51.8 Å².